The third kappa shape index (κ3) is 5.03. The van der Waals surface area contributed by atoms with Gasteiger partial charge in [0.05, 0.1) is 18.0 Å². The summed E-state index contributed by atoms with van der Waals surface area (Å²) in [5.74, 6) is -0.527. The van der Waals surface area contributed by atoms with Crippen LogP contribution >= 0.6 is 0 Å². The first kappa shape index (κ1) is 17.4. The minimum Gasteiger partial charge on any atom is -0.482 e. The molecule has 6 heteroatoms. The van der Waals surface area contributed by atoms with E-state index >= 15 is 0 Å². The fourth-order valence-electron chi connectivity index (χ4n) is 3.11. The predicted molar refractivity (Wildman–Crippen MR) is 90.1 cm³/mol. The number of hydrogen-bond donors (Lipinski definition) is 2. The lowest BCUT2D eigenvalue weighted by molar-refractivity contribution is -0.139. The van der Waals surface area contributed by atoms with Crippen molar-refractivity contribution < 1.29 is 19.4 Å². The second-order valence-corrected chi connectivity index (χ2v) is 5.88. The van der Waals surface area contributed by atoms with Gasteiger partial charge >= 0.3 is 5.97 Å². The van der Waals surface area contributed by atoms with Crippen molar-refractivity contribution in [3.63, 3.8) is 0 Å². The Morgan fingerprint density at radius 3 is 2.70 bits per heavy atom. The summed E-state index contributed by atoms with van der Waals surface area (Å²) in [5.41, 5.74) is 7.77. The van der Waals surface area contributed by atoms with Crippen molar-refractivity contribution in [2.75, 3.05) is 37.5 Å². The van der Waals surface area contributed by atoms with Crippen LogP contribution in [0, 0.1) is 0 Å². The monoisotopic (exact) mass is 322 g/mol. The third-order valence-electron chi connectivity index (χ3n) is 4.22. The quantitative estimate of drug-likeness (QED) is 0.715. The number of carbonyl (C=O) groups is 1. The van der Waals surface area contributed by atoms with Crippen LogP contribution in [0.15, 0.2) is 18.2 Å². The van der Waals surface area contributed by atoms with Crippen LogP contribution < -0.4 is 15.4 Å². The van der Waals surface area contributed by atoms with Gasteiger partial charge < -0.3 is 25.2 Å². The highest BCUT2D eigenvalue weighted by Crippen LogP contribution is 2.33. The molecule has 0 aliphatic heterocycles. The van der Waals surface area contributed by atoms with Gasteiger partial charge in [-0.05, 0) is 25.0 Å². The van der Waals surface area contributed by atoms with Gasteiger partial charge in [-0.15, -0.1) is 0 Å². The van der Waals surface area contributed by atoms with E-state index in [1.165, 1.54) is 32.1 Å². The van der Waals surface area contributed by atoms with E-state index in [4.69, 9.17) is 20.3 Å². The Hall–Kier alpha value is -1.95. The van der Waals surface area contributed by atoms with Gasteiger partial charge in [0.25, 0.3) is 0 Å². The van der Waals surface area contributed by atoms with Gasteiger partial charge in [-0.2, -0.15) is 0 Å². The summed E-state index contributed by atoms with van der Waals surface area (Å²) < 4.78 is 10.4. The molecular weight excluding hydrogens is 296 g/mol. The molecule has 1 aliphatic rings. The van der Waals surface area contributed by atoms with Crippen LogP contribution in [0.2, 0.25) is 0 Å². The van der Waals surface area contributed by atoms with E-state index in [0.29, 0.717) is 24.1 Å². The number of benzene rings is 1. The minimum absolute atomic E-state index is 0.366. The van der Waals surface area contributed by atoms with E-state index in [1.807, 2.05) is 6.07 Å². The average Bonchev–Trinajstić information content (AvgIpc) is 2.55. The molecule has 0 aromatic heterocycles. The molecule has 3 N–H and O–H groups in total. The first-order valence-electron chi connectivity index (χ1n) is 8.11. The summed E-state index contributed by atoms with van der Waals surface area (Å²) in [7, 11) is 1.70. The van der Waals surface area contributed by atoms with Crippen LogP contribution in [0.3, 0.4) is 0 Å². The smallest absolute Gasteiger partial charge is 0.341 e. The fourth-order valence-corrected chi connectivity index (χ4v) is 3.11. The Morgan fingerprint density at radius 2 is 2.09 bits per heavy atom. The zero-order valence-corrected chi connectivity index (χ0v) is 13.7. The molecule has 2 rings (SSSR count). The number of nitrogens with zero attached hydrogens (tertiary/aromatic N) is 1. The molecule has 0 atom stereocenters. The van der Waals surface area contributed by atoms with Gasteiger partial charge in [0.15, 0.2) is 6.61 Å². The molecule has 0 spiro atoms. The van der Waals surface area contributed by atoms with Crippen molar-refractivity contribution >= 4 is 17.3 Å². The number of nitrogen functional groups attached to an aromatic ring is 1. The van der Waals surface area contributed by atoms with Crippen molar-refractivity contribution in [1.29, 1.82) is 0 Å². The second kappa shape index (κ2) is 8.62. The van der Waals surface area contributed by atoms with Crippen LogP contribution in [0.1, 0.15) is 32.1 Å². The van der Waals surface area contributed by atoms with Crippen molar-refractivity contribution in [1.82, 2.24) is 0 Å². The molecule has 0 saturated heterocycles. The van der Waals surface area contributed by atoms with E-state index in [2.05, 4.69) is 4.90 Å². The molecule has 6 nitrogen and oxygen atoms in total. The SMILES string of the molecule is COCCN(c1ccc(OCC(=O)O)cc1N)C1CCCCC1. The Kier molecular flexibility index (Phi) is 6.52. The van der Waals surface area contributed by atoms with Gasteiger partial charge in [-0.1, -0.05) is 19.3 Å². The molecule has 1 aromatic carbocycles. The molecule has 1 aromatic rings. The number of ether oxygens (including phenoxy) is 2. The number of carboxylic acid groups (broad SMARTS) is 1. The Morgan fingerprint density at radius 1 is 1.35 bits per heavy atom. The van der Waals surface area contributed by atoms with Crippen LogP contribution in [0.25, 0.3) is 0 Å². The first-order valence-corrected chi connectivity index (χ1v) is 8.11. The predicted octanol–water partition coefficient (Wildman–Crippen LogP) is 2.52. The fraction of sp³-hybridized carbons (Fsp3) is 0.588. The molecule has 128 valence electrons. The standard InChI is InChI=1S/C17H26N2O4/c1-22-10-9-19(13-5-3-2-4-6-13)16-8-7-14(11-15(16)18)23-12-17(20)21/h7-8,11,13H,2-6,9-10,12,18H2,1H3,(H,20,21). The lowest BCUT2D eigenvalue weighted by Gasteiger charge is -2.36. The molecule has 1 aliphatic carbocycles. The maximum absolute atomic E-state index is 10.6. The van der Waals surface area contributed by atoms with E-state index in [-0.39, 0.29) is 6.61 Å². The maximum Gasteiger partial charge on any atom is 0.341 e. The summed E-state index contributed by atoms with van der Waals surface area (Å²) in [6, 6.07) is 5.86. The molecule has 0 unspecified atom stereocenters. The second-order valence-electron chi connectivity index (χ2n) is 5.88. The normalized spacial score (nSPS) is 15.3. The van der Waals surface area contributed by atoms with E-state index < -0.39 is 5.97 Å². The highest BCUT2D eigenvalue weighted by atomic mass is 16.5. The molecule has 1 saturated carbocycles. The van der Waals surface area contributed by atoms with E-state index in [9.17, 15) is 4.79 Å². The molecule has 1 fully saturated rings. The average molecular weight is 322 g/mol. The summed E-state index contributed by atoms with van der Waals surface area (Å²) in [5, 5.41) is 8.68. The Balaban J connectivity index is 2.14. The number of nitrogens with two attached hydrogens (primary N) is 1. The van der Waals surface area contributed by atoms with Gasteiger partial charge in [-0.3, -0.25) is 0 Å². The molecule has 0 radical (unpaired) electrons. The van der Waals surface area contributed by atoms with Crippen molar-refractivity contribution in [2.45, 2.75) is 38.1 Å². The van der Waals surface area contributed by atoms with Gasteiger partial charge in [-0.25, -0.2) is 4.79 Å². The molecule has 0 bridgehead atoms. The third-order valence-corrected chi connectivity index (χ3v) is 4.22. The Bertz CT molecular complexity index is 515. The highest BCUT2D eigenvalue weighted by Gasteiger charge is 2.23. The van der Waals surface area contributed by atoms with Crippen LogP contribution in [-0.2, 0) is 9.53 Å². The molecular formula is C17H26N2O4. The largest absolute Gasteiger partial charge is 0.482 e. The summed E-state index contributed by atoms with van der Waals surface area (Å²) in [6.07, 6.45) is 6.12. The lowest BCUT2D eigenvalue weighted by atomic mass is 9.93. The highest BCUT2D eigenvalue weighted by molar-refractivity contribution is 5.71. The number of aliphatic carboxylic acids is 1. The first-order chi connectivity index (χ1) is 11.1. The van der Waals surface area contributed by atoms with Crippen LogP contribution in [0.5, 0.6) is 5.75 Å². The van der Waals surface area contributed by atoms with Gasteiger partial charge in [0, 0.05) is 25.8 Å². The number of rotatable bonds is 8. The summed E-state index contributed by atoms with van der Waals surface area (Å²) in [4.78, 5) is 12.9. The molecule has 0 heterocycles. The number of anilines is 2. The number of methoxy groups -OCH3 is 1. The van der Waals surface area contributed by atoms with E-state index in [1.54, 1.807) is 19.2 Å². The number of carboxylic acids is 1. The van der Waals surface area contributed by atoms with Crippen molar-refractivity contribution in [3.05, 3.63) is 18.2 Å². The maximum atomic E-state index is 10.6. The minimum atomic E-state index is -1.00. The van der Waals surface area contributed by atoms with Crippen LogP contribution in [0.4, 0.5) is 11.4 Å². The lowest BCUT2D eigenvalue weighted by Crippen LogP contribution is -2.39. The Labute approximate surface area is 137 Å². The zero-order valence-electron chi connectivity index (χ0n) is 13.7. The zero-order chi connectivity index (χ0) is 16.7. The van der Waals surface area contributed by atoms with Gasteiger partial charge in [0.2, 0.25) is 0 Å². The molecule has 0 amide bonds. The summed E-state index contributed by atoms with van der Waals surface area (Å²) in [6.45, 7) is 1.07. The van der Waals surface area contributed by atoms with Crippen molar-refractivity contribution in [2.24, 2.45) is 0 Å². The number of hydrogen-bond acceptors (Lipinski definition) is 5. The topological polar surface area (TPSA) is 85.0 Å². The molecule has 23 heavy (non-hydrogen) atoms. The summed E-state index contributed by atoms with van der Waals surface area (Å²) >= 11 is 0. The van der Waals surface area contributed by atoms with Crippen molar-refractivity contribution in [3.8, 4) is 5.75 Å². The van der Waals surface area contributed by atoms with Gasteiger partial charge in [0.1, 0.15) is 5.75 Å². The van der Waals surface area contributed by atoms with E-state index in [0.717, 1.165) is 12.2 Å². The van der Waals surface area contributed by atoms with Crippen LogP contribution in [-0.4, -0.2) is 44.0 Å².